The van der Waals surface area contributed by atoms with Crippen molar-refractivity contribution in [2.24, 2.45) is 0 Å². The van der Waals surface area contributed by atoms with Crippen LogP contribution in [0.25, 0.3) is 11.4 Å². The lowest BCUT2D eigenvalue weighted by molar-refractivity contribution is -0.384. The number of nitrogens with zero attached hydrogens (tertiary/aromatic N) is 4. The number of hydrogen-bond acceptors (Lipinski definition) is 6. The SMILES string of the molecule is Nn1c(SCc2cccc([N+](=O)[O-])c2)nnc1-c1ccccc1F. The van der Waals surface area contributed by atoms with Crippen LogP contribution in [0.2, 0.25) is 0 Å². The van der Waals surface area contributed by atoms with E-state index in [9.17, 15) is 14.5 Å². The van der Waals surface area contributed by atoms with E-state index in [1.807, 2.05) is 0 Å². The van der Waals surface area contributed by atoms with E-state index < -0.39 is 10.7 Å². The summed E-state index contributed by atoms with van der Waals surface area (Å²) in [4.78, 5) is 10.3. The Hall–Kier alpha value is -2.94. The normalized spacial score (nSPS) is 10.7. The molecule has 0 fully saturated rings. The average molecular weight is 345 g/mol. The largest absolute Gasteiger partial charge is 0.335 e. The molecule has 0 saturated heterocycles. The molecule has 9 heteroatoms. The Morgan fingerprint density at radius 3 is 2.75 bits per heavy atom. The predicted octanol–water partition coefficient (Wildman–Crippen LogP) is 3.00. The number of nitrogens with two attached hydrogens (primary N) is 1. The van der Waals surface area contributed by atoms with Gasteiger partial charge in [-0.15, -0.1) is 10.2 Å². The van der Waals surface area contributed by atoms with Crippen LogP contribution in [-0.2, 0) is 5.75 Å². The van der Waals surface area contributed by atoms with Crippen molar-refractivity contribution < 1.29 is 9.31 Å². The van der Waals surface area contributed by atoms with Crippen LogP contribution in [0.1, 0.15) is 5.56 Å². The summed E-state index contributed by atoms with van der Waals surface area (Å²) >= 11 is 1.26. The number of rotatable bonds is 5. The molecule has 0 aliphatic heterocycles. The van der Waals surface area contributed by atoms with E-state index >= 15 is 0 Å². The van der Waals surface area contributed by atoms with E-state index in [4.69, 9.17) is 5.84 Å². The van der Waals surface area contributed by atoms with Gasteiger partial charge >= 0.3 is 0 Å². The van der Waals surface area contributed by atoms with Gasteiger partial charge in [-0.3, -0.25) is 10.1 Å². The van der Waals surface area contributed by atoms with Gasteiger partial charge in [0.05, 0.1) is 10.5 Å². The monoisotopic (exact) mass is 345 g/mol. The first kappa shape index (κ1) is 15.9. The topological polar surface area (TPSA) is 99.9 Å². The second-order valence-corrected chi connectivity index (χ2v) is 5.81. The van der Waals surface area contributed by atoms with Crippen molar-refractivity contribution >= 4 is 17.4 Å². The Labute approximate surface area is 140 Å². The highest BCUT2D eigenvalue weighted by molar-refractivity contribution is 7.98. The van der Waals surface area contributed by atoms with Gasteiger partial charge in [0.15, 0.2) is 5.82 Å². The van der Waals surface area contributed by atoms with Gasteiger partial charge in [-0.1, -0.05) is 36.0 Å². The van der Waals surface area contributed by atoms with Gasteiger partial charge in [-0.25, -0.2) is 9.07 Å². The van der Waals surface area contributed by atoms with Gasteiger partial charge in [-0.2, -0.15) is 0 Å². The lowest BCUT2D eigenvalue weighted by Gasteiger charge is -2.04. The highest BCUT2D eigenvalue weighted by Gasteiger charge is 2.15. The summed E-state index contributed by atoms with van der Waals surface area (Å²) in [5, 5.41) is 19.1. The Balaban J connectivity index is 1.79. The Kier molecular flexibility index (Phi) is 4.43. The summed E-state index contributed by atoms with van der Waals surface area (Å²) in [5.74, 6) is 6.15. The van der Waals surface area contributed by atoms with Crippen LogP contribution < -0.4 is 5.84 Å². The molecule has 3 aromatic rings. The number of thioether (sulfide) groups is 1. The Bertz CT molecular complexity index is 899. The third-order valence-corrected chi connectivity index (χ3v) is 4.28. The number of aromatic nitrogens is 3. The van der Waals surface area contributed by atoms with Crippen molar-refractivity contribution in [3.63, 3.8) is 0 Å². The van der Waals surface area contributed by atoms with Crippen molar-refractivity contribution in [2.45, 2.75) is 10.9 Å². The van der Waals surface area contributed by atoms with Crippen molar-refractivity contribution in [1.29, 1.82) is 0 Å². The van der Waals surface area contributed by atoms with Crippen LogP contribution >= 0.6 is 11.8 Å². The van der Waals surface area contributed by atoms with Gasteiger partial charge in [-0.05, 0) is 17.7 Å². The molecule has 0 spiro atoms. The number of nitro benzene ring substituents is 1. The van der Waals surface area contributed by atoms with Crippen LogP contribution in [-0.4, -0.2) is 19.8 Å². The summed E-state index contributed by atoms with van der Waals surface area (Å²) in [6.45, 7) is 0. The molecule has 2 N–H and O–H groups in total. The van der Waals surface area contributed by atoms with E-state index in [2.05, 4.69) is 10.2 Å². The minimum atomic E-state index is -0.449. The summed E-state index contributed by atoms with van der Waals surface area (Å²) < 4.78 is 15.0. The first-order chi connectivity index (χ1) is 11.6. The van der Waals surface area contributed by atoms with Crippen molar-refractivity contribution in [1.82, 2.24) is 14.9 Å². The zero-order valence-electron chi connectivity index (χ0n) is 12.3. The Morgan fingerprint density at radius 1 is 1.21 bits per heavy atom. The van der Waals surface area contributed by atoms with E-state index in [0.29, 0.717) is 10.9 Å². The lowest BCUT2D eigenvalue weighted by atomic mass is 10.2. The Morgan fingerprint density at radius 2 is 2.00 bits per heavy atom. The molecule has 0 atom stereocenters. The van der Waals surface area contributed by atoms with Gasteiger partial charge in [0.2, 0.25) is 5.16 Å². The number of halogens is 1. The first-order valence-corrected chi connectivity index (χ1v) is 7.86. The van der Waals surface area contributed by atoms with Crippen LogP contribution in [0.3, 0.4) is 0 Å². The van der Waals surface area contributed by atoms with Crippen molar-refractivity contribution in [3.8, 4) is 11.4 Å². The zero-order chi connectivity index (χ0) is 17.1. The summed E-state index contributed by atoms with van der Waals surface area (Å²) in [6, 6.07) is 12.5. The van der Waals surface area contributed by atoms with Crippen LogP contribution in [0, 0.1) is 15.9 Å². The highest BCUT2D eigenvalue weighted by Crippen LogP contribution is 2.26. The minimum Gasteiger partial charge on any atom is -0.335 e. The third kappa shape index (κ3) is 3.20. The lowest BCUT2D eigenvalue weighted by Crippen LogP contribution is -2.12. The molecular weight excluding hydrogens is 333 g/mol. The van der Waals surface area contributed by atoms with E-state index in [-0.39, 0.29) is 17.1 Å². The molecule has 1 aromatic heterocycles. The fourth-order valence-electron chi connectivity index (χ4n) is 2.11. The molecule has 0 bridgehead atoms. The number of non-ortho nitro benzene ring substituents is 1. The number of hydrogen-bond donors (Lipinski definition) is 1. The van der Waals surface area contributed by atoms with Gasteiger partial charge < -0.3 is 5.84 Å². The van der Waals surface area contributed by atoms with Gasteiger partial charge in [0, 0.05) is 17.9 Å². The maximum atomic E-state index is 13.8. The van der Waals surface area contributed by atoms with Crippen molar-refractivity contribution in [2.75, 3.05) is 5.84 Å². The second kappa shape index (κ2) is 6.67. The summed E-state index contributed by atoms with van der Waals surface area (Å²) in [5.41, 5.74) is 1.04. The molecular formula is C15H12FN5O2S. The van der Waals surface area contributed by atoms with Crippen LogP contribution in [0.5, 0.6) is 0 Å². The molecule has 24 heavy (non-hydrogen) atoms. The van der Waals surface area contributed by atoms with Gasteiger partial charge in [0.25, 0.3) is 5.69 Å². The predicted molar refractivity (Wildman–Crippen MR) is 88.2 cm³/mol. The molecule has 0 radical (unpaired) electrons. The maximum Gasteiger partial charge on any atom is 0.269 e. The standard InChI is InChI=1S/C15H12FN5O2S/c16-13-7-2-1-6-12(13)14-18-19-15(20(14)17)24-9-10-4-3-5-11(8-10)21(22)23/h1-8H,9,17H2. The molecule has 7 nitrogen and oxygen atoms in total. The quantitative estimate of drug-likeness (QED) is 0.330. The van der Waals surface area contributed by atoms with E-state index in [1.165, 1.54) is 34.6 Å². The first-order valence-electron chi connectivity index (χ1n) is 6.88. The molecule has 0 aliphatic carbocycles. The molecule has 1 heterocycles. The van der Waals surface area contributed by atoms with Crippen LogP contribution in [0.4, 0.5) is 10.1 Å². The third-order valence-electron chi connectivity index (χ3n) is 3.27. The zero-order valence-corrected chi connectivity index (χ0v) is 13.1. The molecule has 0 saturated carbocycles. The van der Waals surface area contributed by atoms with Gasteiger partial charge in [0.1, 0.15) is 5.82 Å². The number of nitrogen functional groups attached to an aromatic ring is 1. The maximum absolute atomic E-state index is 13.8. The van der Waals surface area contributed by atoms with E-state index in [1.54, 1.807) is 30.3 Å². The molecule has 3 rings (SSSR count). The van der Waals surface area contributed by atoms with Crippen molar-refractivity contribution in [3.05, 3.63) is 70.0 Å². The smallest absolute Gasteiger partial charge is 0.269 e. The fourth-order valence-corrected chi connectivity index (χ4v) is 2.91. The average Bonchev–Trinajstić information content (AvgIpc) is 2.94. The highest BCUT2D eigenvalue weighted by atomic mass is 32.2. The van der Waals surface area contributed by atoms with Crippen LogP contribution in [0.15, 0.2) is 53.7 Å². The second-order valence-electron chi connectivity index (χ2n) is 4.87. The summed E-state index contributed by atoms with van der Waals surface area (Å²) in [7, 11) is 0. The molecule has 0 amide bonds. The van der Waals surface area contributed by atoms with E-state index in [0.717, 1.165) is 5.56 Å². The molecule has 2 aromatic carbocycles. The minimum absolute atomic E-state index is 0.0226. The molecule has 0 unspecified atom stereocenters. The number of benzene rings is 2. The fraction of sp³-hybridized carbons (Fsp3) is 0.0667. The molecule has 122 valence electrons. The summed E-state index contributed by atoms with van der Waals surface area (Å²) in [6.07, 6.45) is 0. The molecule has 0 aliphatic rings. The number of nitro groups is 1.